The summed E-state index contributed by atoms with van der Waals surface area (Å²) in [5.74, 6) is -0.259. The highest BCUT2D eigenvalue weighted by Gasteiger charge is 2.16. The molecular weight excluding hydrogens is 258 g/mol. The van der Waals surface area contributed by atoms with Crippen molar-refractivity contribution in [1.29, 1.82) is 0 Å². The Hall–Kier alpha value is -2.24. The van der Waals surface area contributed by atoms with E-state index in [4.69, 9.17) is 10.5 Å². The quantitative estimate of drug-likeness (QED) is 0.714. The van der Waals surface area contributed by atoms with Crippen LogP contribution < -0.4 is 21.1 Å². The van der Waals surface area contributed by atoms with Gasteiger partial charge in [0.15, 0.2) is 0 Å². The molecule has 1 aromatic rings. The largest absolute Gasteiger partial charge is 0.496 e. The van der Waals surface area contributed by atoms with Crippen molar-refractivity contribution >= 4 is 17.5 Å². The van der Waals surface area contributed by atoms with E-state index in [1.54, 1.807) is 18.2 Å². The molecule has 0 bridgehead atoms. The van der Waals surface area contributed by atoms with Crippen LogP contribution in [0.5, 0.6) is 5.75 Å². The second-order valence-electron chi connectivity index (χ2n) is 5.44. The van der Waals surface area contributed by atoms with E-state index in [9.17, 15) is 9.59 Å². The molecule has 0 fully saturated rings. The Labute approximate surface area is 118 Å². The molecule has 110 valence electrons. The van der Waals surface area contributed by atoms with Crippen LogP contribution >= 0.6 is 0 Å². The molecule has 0 aliphatic heterocycles. The molecule has 20 heavy (non-hydrogen) atoms. The average molecular weight is 279 g/mol. The third kappa shape index (κ3) is 4.79. The Bertz CT molecular complexity index is 507. The van der Waals surface area contributed by atoms with Gasteiger partial charge in [0.25, 0.3) is 5.91 Å². The minimum atomic E-state index is -0.383. The molecule has 0 saturated carbocycles. The number of ether oxygens (including phenoxy) is 1. The second kappa shape index (κ2) is 6.27. The number of carbonyl (C=O) groups is 2. The van der Waals surface area contributed by atoms with Crippen molar-refractivity contribution in [2.45, 2.75) is 26.3 Å². The Morgan fingerprint density at radius 2 is 1.95 bits per heavy atom. The van der Waals surface area contributed by atoms with Crippen LogP contribution in [0.2, 0.25) is 0 Å². The van der Waals surface area contributed by atoms with Gasteiger partial charge in [-0.3, -0.25) is 9.59 Å². The van der Waals surface area contributed by atoms with Gasteiger partial charge in [0.1, 0.15) is 5.75 Å². The van der Waals surface area contributed by atoms with Crippen molar-refractivity contribution in [3.05, 3.63) is 23.8 Å². The number of amides is 2. The van der Waals surface area contributed by atoms with Gasteiger partial charge in [-0.1, -0.05) is 0 Å². The summed E-state index contributed by atoms with van der Waals surface area (Å²) in [5.41, 5.74) is 6.13. The second-order valence-corrected chi connectivity index (χ2v) is 5.44. The molecule has 1 aromatic carbocycles. The molecule has 6 heteroatoms. The van der Waals surface area contributed by atoms with Crippen molar-refractivity contribution in [2.24, 2.45) is 0 Å². The van der Waals surface area contributed by atoms with E-state index in [0.29, 0.717) is 17.0 Å². The van der Waals surface area contributed by atoms with Gasteiger partial charge in [-0.15, -0.1) is 0 Å². The molecular formula is C14H21N3O3. The molecule has 0 saturated heterocycles. The zero-order valence-corrected chi connectivity index (χ0v) is 12.2. The van der Waals surface area contributed by atoms with Crippen molar-refractivity contribution in [1.82, 2.24) is 10.6 Å². The summed E-state index contributed by atoms with van der Waals surface area (Å²) < 4.78 is 5.09. The van der Waals surface area contributed by atoms with Gasteiger partial charge in [0.05, 0.1) is 19.2 Å². The Morgan fingerprint density at radius 3 is 2.50 bits per heavy atom. The number of anilines is 1. The average Bonchev–Trinajstić information content (AvgIpc) is 2.33. The summed E-state index contributed by atoms with van der Waals surface area (Å²) in [4.78, 5) is 23.6. The number of hydrogen-bond donors (Lipinski definition) is 3. The van der Waals surface area contributed by atoms with E-state index in [1.165, 1.54) is 7.11 Å². The number of rotatable bonds is 4. The van der Waals surface area contributed by atoms with Crippen LogP contribution in [0.25, 0.3) is 0 Å². The smallest absolute Gasteiger partial charge is 0.255 e. The maximum Gasteiger partial charge on any atom is 0.255 e. The van der Waals surface area contributed by atoms with Crippen LogP contribution in [-0.2, 0) is 4.79 Å². The lowest BCUT2D eigenvalue weighted by molar-refractivity contribution is -0.121. The van der Waals surface area contributed by atoms with Crippen LogP contribution in [0.4, 0.5) is 5.69 Å². The highest BCUT2D eigenvalue weighted by molar-refractivity contribution is 5.99. The number of methoxy groups -OCH3 is 1. The Balaban J connectivity index is 2.66. The van der Waals surface area contributed by atoms with Crippen molar-refractivity contribution < 1.29 is 14.3 Å². The lowest BCUT2D eigenvalue weighted by atomic mass is 10.1. The maximum atomic E-state index is 12.0. The van der Waals surface area contributed by atoms with E-state index in [0.717, 1.165) is 0 Å². The molecule has 0 radical (unpaired) electrons. The molecule has 0 atom stereocenters. The fraction of sp³-hybridized carbons (Fsp3) is 0.429. The van der Waals surface area contributed by atoms with E-state index in [1.807, 2.05) is 20.8 Å². The van der Waals surface area contributed by atoms with Gasteiger partial charge in [-0.2, -0.15) is 0 Å². The summed E-state index contributed by atoms with van der Waals surface area (Å²) in [5, 5.41) is 5.30. The zero-order chi connectivity index (χ0) is 15.3. The first-order chi connectivity index (χ1) is 9.23. The lowest BCUT2D eigenvalue weighted by Crippen LogP contribution is -2.45. The van der Waals surface area contributed by atoms with Crippen LogP contribution in [-0.4, -0.2) is 31.0 Å². The molecule has 1 rings (SSSR count). The number of nitrogens with one attached hydrogen (secondary N) is 2. The molecule has 0 spiro atoms. The molecule has 0 aromatic heterocycles. The minimum absolute atomic E-state index is 0.0936. The maximum absolute atomic E-state index is 12.0. The molecule has 4 N–H and O–H groups in total. The SMILES string of the molecule is COc1cc(N)ccc1C(=O)NCC(=O)NC(C)(C)C. The first kappa shape index (κ1) is 15.8. The third-order valence-corrected chi connectivity index (χ3v) is 2.39. The van der Waals surface area contributed by atoms with Crippen molar-refractivity contribution in [3.63, 3.8) is 0 Å². The first-order valence-electron chi connectivity index (χ1n) is 6.25. The van der Waals surface area contributed by atoms with Crippen LogP contribution in [0.1, 0.15) is 31.1 Å². The number of hydrogen-bond acceptors (Lipinski definition) is 4. The van der Waals surface area contributed by atoms with Gasteiger partial charge in [0.2, 0.25) is 5.91 Å². The summed E-state index contributed by atoms with van der Waals surface area (Å²) in [6.07, 6.45) is 0. The van der Waals surface area contributed by atoms with Crippen molar-refractivity contribution in [2.75, 3.05) is 19.4 Å². The van der Waals surface area contributed by atoms with Gasteiger partial charge >= 0.3 is 0 Å². The predicted molar refractivity (Wildman–Crippen MR) is 77.6 cm³/mol. The summed E-state index contributed by atoms with van der Waals surface area (Å²) in [6.45, 7) is 5.52. The highest BCUT2D eigenvalue weighted by Crippen LogP contribution is 2.21. The van der Waals surface area contributed by atoms with E-state index in [-0.39, 0.29) is 23.9 Å². The summed E-state index contributed by atoms with van der Waals surface area (Å²) in [7, 11) is 1.46. The molecule has 0 aliphatic rings. The van der Waals surface area contributed by atoms with Crippen LogP contribution in [0, 0.1) is 0 Å². The topological polar surface area (TPSA) is 93.4 Å². The van der Waals surface area contributed by atoms with E-state index in [2.05, 4.69) is 10.6 Å². The van der Waals surface area contributed by atoms with Gasteiger partial charge in [0, 0.05) is 17.3 Å². The molecule has 0 heterocycles. The van der Waals surface area contributed by atoms with E-state index < -0.39 is 0 Å². The fourth-order valence-electron chi connectivity index (χ4n) is 1.61. The summed E-state index contributed by atoms with van der Waals surface area (Å²) in [6, 6.07) is 4.72. The minimum Gasteiger partial charge on any atom is -0.496 e. The fourth-order valence-corrected chi connectivity index (χ4v) is 1.61. The predicted octanol–water partition coefficient (Wildman–Crippen LogP) is 0.922. The number of carbonyl (C=O) groups excluding carboxylic acids is 2. The van der Waals surface area contributed by atoms with Crippen LogP contribution in [0.3, 0.4) is 0 Å². The summed E-state index contributed by atoms with van der Waals surface area (Å²) >= 11 is 0. The highest BCUT2D eigenvalue weighted by atomic mass is 16.5. The monoisotopic (exact) mass is 279 g/mol. The molecule has 0 unspecified atom stereocenters. The van der Waals surface area contributed by atoms with Gasteiger partial charge < -0.3 is 21.1 Å². The van der Waals surface area contributed by atoms with Gasteiger partial charge in [-0.05, 0) is 32.9 Å². The standard InChI is InChI=1S/C14H21N3O3/c1-14(2,3)17-12(18)8-16-13(19)10-6-5-9(15)7-11(10)20-4/h5-7H,8,15H2,1-4H3,(H,16,19)(H,17,18). The third-order valence-electron chi connectivity index (χ3n) is 2.39. The van der Waals surface area contributed by atoms with Crippen molar-refractivity contribution in [3.8, 4) is 5.75 Å². The van der Waals surface area contributed by atoms with Gasteiger partial charge in [-0.25, -0.2) is 0 Å². The molecule has 2 amide bonds. The zero-order valence-electron chi connectivity index (χ0n) is 12.2. The lowest BCUT2D eigenvalue weighted by Gasteiger charge is -2.20. The Kier molecular flexibility index (Phi) is 4.96. The molecule has 6 nitrogen and oxygen atoms in total. The number of nitrogen functional groups attached to an aromatic ring is 1. The Morgan fingerprint density at radius 1 is 1.30 bits per heavy atom. The number of benzene rings is 1. The number of nitrogens with two attached hydrogens (primary N) is 1. The molecule has 0 aliphatic carbocycles. The van der Waals surface area contributed by atoms with E-state index >= 15 is 0 Å². The normalized spacial score (nSPS) is 10.8. The first-order valence-corrected chi connectivity index (χ1v) is 6.25. The van der Waals surface area contributed by atoms with Crippen LogP contribution in [0.15, 0.2) is 18.2 Å².